The van der Waals surface area contributed by atoms with Gasteiger partial charge in [-0.3, -0.25) is 4.98 Å². The maximum atomic E-state index is 4.39. The molecule has 1 aromatic heterocycles. The van der Waals surface area contributed by atoms with Crippen molar-refractivity contribution in [3.05, 3.63) is 28.5 Å². The van der Waals surface area contributed by atoms with Crippen LogP contribution in [0.2, 0.25) is 0 Å². The summed E-state index contributed by atoms with van der Waals surface area (Å²) in [5, 5.41) is 0. The third-order valence-corrected chi connectivity index (χ3v) is 3.01. The van der Waals surface area contributed by atoms with E-state index in [0.717, 1.165) is 10.4 Å². The Hall–Kier alpha value is -0.370. The zero-order valence-electron chi connectivity index (χ0n) is 6.96. The van der Waals surface area contributed by atoms with Gasteiger partial charge in [0, 0.05) is 22.3 Å². The average molecular weight is 226 g/mol. The molecule has 2 rings (SSSR count). The fourth-order valence-corrected chi connectivity index (χ4v) is 2.22. The first-order chi connectivity index (χ1) is 5.86. The predicted molar refractivity (Wildman–Crippen MR) is 53.1 cm³/mol. The van der Waals surface area contributed by atoms with Crippen molar-refractivity contribution in [1.29, 1.82) is 0 Å². The molecule has 1 aliphatic rings. The summed E-state index contributed by atoms with van der Waals surface area (Å²) in [7, 11) is 0. The average Bonchev–Trinajstić information content (AvgIpc) is 2.56. The summed E-state index contributed by atoms with van der Waals surface area (Å²) in [6.07, 6.45) is 7.28. The second-order valence-corrected chi connectivity index (χ2v) is 4.30. The Kier molecular flexibility index (Phi) is 2.45. The Morgan fingerprint density at radius 1 is 1.33 bits per heavy atom. The zero-order valence-corrected chi connectivity index (χ0v) is 8.55. The van der Waals surface area contributed by atoms with E-state index < -0.39 is 0 Å². The number of hydrogen-bond donors (Lipinski definition) is 0. The van der Waals surface area contributed by atoms with Crippen LogP contribution in [0, 0.1) is 0 Å². The molecule has 64 valence electrons. The summed E-state index contributed by atoms with van der Waals surface area (Å²) < 4.78 is 1.15. The number of rotatable bonds is 1. The minimum absolute atomic E-state index is 0.725. The van der Waals surface area contributed by atoms with Gasteiger partial charge in [0.05, 0.1) is 0 Å². The van der Waals surface area contributed by atoms with Gasteiger partial charge in [0.2, 0.25) is 0 Å². The minimum Gasteiger partial charge on any atom is -0.261 e. The van der Waals surface area contributed by atoms with Gasteiger partial charge >= 0.3 is 0 Å². The van der Waals surface area contributed by atoms with Crippen molar-refractivity contribution >= 4 is 15.9 Å². The second kappa shape index (κ2) is 3.56. The molecule has 2 heteroatoms. The lowest BCUT2D eigenvalue weighted by atomic mass is 10.0. The van der Waals surface area contributed by atoms with Crippen LogP contribution in [0.4, 0.5) is 0 Å². The normalized spacial score (nSPS) is 18.4. The van der Waals surface area contributed by atoms with Crippen molar-refractivity contribution in [2.24, 2.45) is 0 Å². The molecule has 1 fully saturated rings. The first-order valence-corrected chi connectivity index (χ1v) is 5.27. The van der Waals surface area contributed by atoms with Gasteiger partial charge in [0.1, 0.15) is 0 Å². The molecule has 0 amide bonds. The Morgan fingerprint density at radius 3 is 2.75 bits per heavy atom. The minimum atomic E-state index is 0.725. The Morgan fingerprint density at radius 2 is 2.08 bits per heavy atom. The molecule has 1 nitrogen and oxygen atoms in total. The molecule has 1 aliphatic carbocycles. The van der Waals surface area contributed by atoms with Crippen molar-refractivity contribution in [1.82, 2.24) is 4.98 Å². The van der Waals surface area contributed by atoms with Crippen molar-refractivity contribution < 1.29 is 0 Å². The predicted octanol–water partition coefficient (Wildman–Crippen LogP) is 3.50. The van der Waals surface area contributed by atoms with Crippen LogP contribution in [0.1, 0.15) is 37.3 Å². The Labute approximate surface area is 81.3 Å². The Balaban J connectivity index is 2.21. The lowest BCUT2D eigenvalue weighted by molar-refractivity contribution is 0.697. The summed E-state index contributed by atoms with van der Waals surface area (Å²) in [4.78, 5) is 4.39. The van der Waals surface area contributed by atoms with Gasteiger partial charge in [-0.1, -0.05) is 28.8 Å². The maximum Gasteiger partial charge on any atom is 0.0445 e. The quantitative estimate of drug-likeness (QED) is 0.714. The van der Waals surface area contributed by atoms with Crippen molar-refractivity contribution in [2.75, 3.05) is 0 Å². The lowest BCUT2D eigenvalue weighted by Crippen LogP contribution is -1.94. The standard InChI is InChI=1S/C10H12BrN/c11-9-5-6-12-10(7-9)8-3-1-2-4-8/h5-8H,1-4H2. The second-order valence-electron chi connectivity index (χ2n) is 3.38. The highest BCUT2D eigenvalue weighted by atomic mass is 79.9. The Bertz CT molecular complexity index is 266. The number of hydrogen-bond acceptors (Lipinski definition) is 1. The molecule has 0 N–H and O–H groups in total. The van der Waals surface area contributed by atoms with E-state index in [0.29, 0.717) is 0 Å². The van der Waals surface area contributed by atoms with Crippen LogP contribution < -0.4 is 0 Å². The molecule has 0 saturated heterocycles. The summed E-state index contributed by atoms with van der Waals surface area (Å²) >= 11 is 3.47. The van der Waals surface area contributed by atoms with Crippen molar-refractivity contribution in [2.45, 2.75) is 31.6 Å². The molecule has 0 unspecified atom stereocenters. The van der Waals surface area contributed by atoms with E-state index in [9.17, 15) is 0 Å². The maximum absolute atomic E-state index is 4.39. The van der Waals surface area contributed by atoms with Gasteiger partial charge < -0.3 is 0 Å². The number of nitrogens with zero attached hydrogens (tertiary/aromatic N) is 1. The van der Waals surface area contributed by atoms with Crippen LogP contribution in [-0.4, -0.2) is 4.98 Å². The van der Waals surface area contributed by atoms with E-state index in [1.807, 2.05) is 12.3 Å². The highest BCUT2D eigenvalue weighted by Gasteiger charge is 2.17. The molecule has 0 radical (unpaired) electrons. The van der Waals surface area contributed by atoms with Crippen LogP contribution in [0.5, 0.6) is 0 Å². The topological polar surface area (TPSA) is 12.9 Å². The third kappa shape index (κ3) is 1.69. The fourth-order valence-electron chi connectivity index (χ4n) is 1.87. The molecule has 0 aliphatic heterocycles. The first kappa shape index (κ1) is 8.24. The molecule has 1 aromatic rings. The van der Waals surface area contributed by atoms with Gasteiger partial charge in [0.15, 0.2) is 0 Å². The van der Waals surface area contributed by atoms with E-state index in [1.54, 1.807) is 0 Å². The number of aromatic nitrogens is 1. The highest BCUT2D eigenvalue weighted by molar-refractivity contribution is 9.10. The third-order valence-electron chi connectivity index (χ3n) is 2.52. The highest BCUT2D eigenvalue weighted by Crippen LogP contribution is 2.33. The molecular formula is C10H12BrN. The molecule has 0 atom stereocenters. The summed E-state index contributed by atoms with van der Waals surface area (Å²) in [5.74, 6) is 0.725. The summed E-state index contributed by atoms with van der Waals surface area (Å²) in [6.45, 7) is 0. The summed E-state index contributed by atoms with van der Waals surface area (Å²) in [5.41, 5.74) is 1.27. The van der Waals surface area contributed by atoms with Crippen LogP contribution >= 0.6 is 15.9 Å². The molecule has 0 bridgehead atoms. The van der Waals surface area contributed by atoms with Crippen LogP contribution in [-0.2, 0) is 0 Å². The lowest BCUT2D eigenvalue weighted by Gasteiger charge is -2.07. The van der Waals surface area contributed by atoms with Gasteiger partial charge in [-0.25, -0.2) is 0 Å². The smallest absolute Gasteiger partial charge is 0.0445 e. The van der Waals surface area contributed by atoms with E-state index >= 15 is 0 Å². The van der Waals surface area contributed by atoms with E-state index in [1.165, 1.54) is 31.4 Å². The molecule has 12 heavy (non-hydrogen) atoms. The first-order valence-electron chi connectivity index (χ1n) is 4.48. The van der Waals surface area contributed by atoms with E-state index in [-0.39, 0.29) is 0 Å². The molecule has 1 saturated carbocycles. The SMILES string of the molecule is Brc1ccnc(C2CCCC2)c1. The van der Waals surface area contributed by atoms with E-state index in [4.69, 9.17) is 0 Å². The van der Waals surface area contributed by atoms with Crippen LogP contribution in [0.15, 0.2) is 22.8 Å². The number of halogens is 1. The zero-order chi connectivity index (χ0) is 8.39. The van der Waals surface area contributed by atoms with E-state index in [2.05, 4.69) is 27.0 Å². The molecular weight excluding hydrogens is 214 g/mol. The largest absolute Gasteiger partial charge is 0.261 e. The van der Waals surface area contributed by atoms with Crippen molar-refractivity contribution in [3.63, 3.8) is 0 Å². The van der Waals surface area contributed by atoms with Gasteiger partial charge in [-0.05, 0) is 25.0 Å². The molecule has 1 heterocycles. The van der Waals surface area contributed by atoms with Gasteiger partial charge in [0.25, 0.3) is 0 Å². The molecule has 0 aromatic carbocycles. The van der Waals surface area contributed by atoms with Crippen LogP contribution in [0.3, 0.4) is 0 Å². The summed E-state index contributed by atoms with van der Waals surface area (Å²) in [6, 6.07) is 4.13. The molecule has 0 spiro atoms. The fraction of sp³-hybridized carbons (Fsp3) is 0.500. The van der Waals surface area contributed by atoms with Gasteiger partial charge in [-0.15, -0.1) is 0 Å². The number of pyridine rings is 1. The van der Waals surface area contributed by atoms with Crippen LogP contribution in [0.25, 0.3) is 0 Å². The van der Waals surface area contributed by atoms with Gasteiger partial charge in [-0.2, -0.15) is 0 Å². The monoisotopic (exact) mass is 225 g/mol. The van der Waals surface area contributed by atoms with Crippen molar-refractivity contribution in [3.8, 4) is 0 Å².